The number of rotatable bonds is 4. The fourth-order valence-electron chi connectivity index (χ4n) is 2.38. The number of benzene rings is 1. The van der Waals surface area contributed by atoms with Crippen molar-refractivity contribution in [1.29, 1.82) is 0 Å². The fraction of sp³-hybridized carbons (Fsp3) is 0.500. The van der Waals surface area contributed by atoms with Crippen LogP contribution in [-0.2, 0) is 24.1 Å². The van der Waals surface area contributed by atoms with Crippen LogP contribution in [-0.4, -0.2) is 11.1 Å². The number of carboxylic acids is 1. The molecular formula is C14H18NaO2+. The van der Waals surface area contributed by atoms with Crippen molar-refractivity contribution in [2.24, 2.45) is 5.92 Å². The molecule has 0 aromatic heterocycles. The van der Waals surface area contributed by atoms with Crippen LogP contribution in [0.2, 0.25) is 0 Å². The zero-order chi connectivity index (χ0) is 11.5. The molecule has 0 heterocycles. The standard InChI is InChI=1S/C14H18O2.Na/c1-2-3-4-10-5-6-11-8-13(14(15)16)9-12(11)7-10;/h5-7,13H,2-4,8-9H2,1H3,(H,15,16);/q;+1. The third-order valence-electron chi connectivity index (χ3n) is 3.37. The summed E-state index contributed by atoms with van der Waals surface area (Å²) >= 11 is 0. The maximum atomic E-state index is 10.9. The van der Waals surface area contributed by atoms with E-state index in [4.69, 9.17) is 5.11 Å². The first-order valence-corrected chi connectivity index (χ1v) is 6.04. The summed E-state index contributed by atoms with van der Waals surface area (Å²) in [7, 11) is 0. The number of hydrogen-bond donors (Lipinski definition) is 1. The number of carboxylic acid groups (broad SMARTS) is 1. The van der Waals surface area contributed by atoms with Crippen LogP contribution >= 0.6 is 0 Å². The van der Waals surface area contributed by atoms with Crippen LogP contribution < -0.4 is 29.6 Å². The van der Waals surface area contributed by atoms with Gasteiger partial charge in [0.2, 0.25) is 0 Å². The Morgan fingerprint density at radius 2 is 2.06 bits per heavy atom. The maximum Gasteiger partial charge on any atom is 1.00 e. The average Bonchev–Trinajstić information content (AvgIpc) is 2.69. The number of hydrogen-bond acceptors (Lipinski definition) is 1. The van der Waals surface area contributed by atoms with Crippen molar-refractivity contribution in [3.05, 3.63) is 34.9 Å². The predicted molar refractivity (Wildman–Crippen MR) is 63.6 cm³/mol. The van der Waals surface area contributed by atoms with E-state index < -0.39 is 5.97 Å². The molecule has 1 unspecified atom stereocenters. The number of fused-ring (bicyclic) bond motifs is 1. The van der Waals surface area contributed by atoms with Crippen molar-refractivity contribution >= 4 is 5.97 Å². The summed E-state index contributed by atoms with van der Waals surface area (Å²) in [6, 6.07) is 6.47. The Labute approximate surface area is 125 Å². The average molecular weight is 241 g/mol. The van der Waals surface area contributed by atoms with Crippen LogP contribution in [0.4, 0.5) is 0 Å². The van der Waals surface area contributed by atoms with E-state index in [-0.39, 0.29) is 35.5 Å². The molecule has 1 aromatic rings. The molecule has 0 aliphatic heterocycles. The largest absolute Gasteiger partial charge is 1.00 e. The molecule has 1 atom stereocenters. The number of aryl methyl sites for hydroxylation is 1. The van der Waals surface area contributed by atoms with Crippen LogP contribution in [0.25, 0.3) is 0 Å². The molecule has 1 aliphatic rings. The van der Waals surface area contributed by atoms with Gasteiger partial charge in [-0.05, 0) is 42.4 Å². The molecule has 1 aliphatic carbocycles. The Hall–Kier alpha value is -0.310. The second-order valence-electron chi connectivity index (χ2n) is 4.65. The molecule has 2 rings (SSSR count). The van der Waals surface area contributed by atoms with Crippen molar-refractivity contribution in [2.75, 3.05) is 0 Å². The number of unbranched alkanes of at least 4 members (excludes halogenated alkanes) is 1. The van der Waals surface area contributed by atoms with Gasteiger partial charge < -0.3 is 5.11 Å². The first-order chi connectivity index (χ1) is 7.70. The summed E-state index contributed by atoms with van der Waals surface area (Å²) in [5, 5.41) is 9.00. The summed E-state index contributed by atoms with van der Waals surface area (Å²) in [4.78, 5) is 10.9. The van der Waals surface area contributed by atoms with E-state index in [0.717, 1.165) is 6.42 Å². The van der Waals surface area contributed by atoms with E-state index in [1.54, 1.807) is 0 Å². The Bertz CT molecular complexity index is 401. The molecular weight excluding hydrogens is 223 g/mol. The maximum absolute atomic E-state index is 10.9. The molecule has 2 nitrogen and oxygen atoms in total. The van der Waals surface area contributed by atoms with E-state index in [0.29, 0.717) is 12.8 Å². The van der Waals surface area contributed by atoms with Gasteiger partial charge >= 0.3 is 35.5 Å². The molecule has 0 bridgehead atoms. The Kier molecular flexibility index (Phi) is 5.71. The summed E-state index contributed by atoms with van der Waals surface area (Å²) < 4.78 is 0. The van der Waals surface area contributed by atoms with E-state index >= 15 is 0 Å². The van der Waals surface area contributed by atoms with E-state index in [1.165, 1.54) is 29.5 Å². The number of aliphatic carboxylic acids is 1. The minimum atomic E-state index is -0.661. The Morgan fingerprint density at radius 1 is 1.35 bits per heavy atom. The topological polar surface area (TPSA) is 37.3 Å². The van der Waals surface area contributed by atoms with E-state index in [9.17, 15) is 4.79 Å². The van der Waals surface area contributed by atoms with Gasteiger partial charge in [-0.2, -0.15) is 0 Å². The molecule has 1 aromatic carbocycles. The first kappa shape index (κ1) is 14.7. The zero-order valence-electron chi connectivity index (χ0n) is 10.7. The molecule has 0 saturated carbocycles. The monoisotopic (exact) mass is 241 g/mol. The minimum absolute atomic E-state index is 0. The van der Waals surface area contributed by atoms with Crippen molar-refractivity contribution in [3.63, 3.8) is 0 Å². The van der Waals surface area contributed by atoms with Gasteiger partial charge in [0.25, 0.3) is 0 Å². The summed E-state index contributed by atoms with van der Waals surface area (Å²) in [6.45, 7) is 2.19. The second-order valence-corrected chi connectivity index (χ2v) is 4.65. The minimum Gasteiger partial charge on any atom is -0.481 e. The fourth-order valence-corrected chi connectivity index (χ4v) is 2.38. The van der Waals surface area contributed by atoms with Crippen LogP contribution in [0.3, 0.4) is 0 Å². The summed E-state index contributed by atoms with van der Waals surface area (Å²) in [5.41, 5.74) is 3.83. The van der Waals surface area contributed by atoms with Gasteiger partial charge in [-0.15, -0.1) is 0 Å². The SMILES string of the molecule is CCCCc1ccc2c(c1)CC(C(=O)O)C2.[Na+]. The molecule has 0 saturated heterocycles. The zero-order valence-corrected chi connectivity index (χ0v) is 12.7. The molecule has 1 N–H and O–H groups in total. The molecule has 0 spiro atoms. The Morgan fingerprint density at radius 3 is 2.71 bits per heavy atom. The molecule has 0 amide bonds. The van der Waals surface area contributed by atoms with Crippen LogP contribution in [0.5, 0.6) is 0 Å². The van der Waals surface area contributed by atoms with Crippen molar-refractivity contribution in [3.8, 4) is 0 Å². The molecule has 0 fully saturated rings. The van der Waals surface area contributed by atoms with Crippen molar-refractivity contribution in [1.82, 2.24) is 0 Å². The van der Waals surface area contributed by atoms with E-state index in [2.05, 4.69) is 25.1 Å². The smallest absolute Gasteiger partial charge is 0.481 e. The van der Waals surface area contributed by atoms with Gasteiger partial charge in [0.15, 0.2) is 0 Å². The molecule has 86 valence electrons. The van der Waals surface area contributed by atoms with Crippen molar-refractivity contribution in [2.45, 2.75) is 39.0 Å². The summed E-state index contributed by atoms with van der Waals surface area (Å²) in [6.07, 6.45) is 4.95. The molecule has 0 radical (unpaired) electrons. The normalized spacial score (nSPS) is 17.4. The van der Waals surface area contributed by atoms with Crippen LogP contribution in [0, 0.1) is 5.92 Å². The first-order valence-electron chi connectivity index (χ1n) is 6.04. The summed E-state index contributed by atoms with van der Waals surface area (Å²) in [5.74, 6) is -0.859. The van der Waals surface area contributed by atoms with Gasteiger partial charge in [0.05, 0.1) is 5.92 Å². The third kappa shape index (κ3) is 3.57. The van der Waals surface area contributed by atoms with E-state index in [1.807, 2.05) is 0 Å². The van der Waals surface area contributed by atoms with Gasteiger partial charge in [0.1, 0.15) is 0 Å². The Balaban J connectivity index is 0.00000144. The van der Waals surface area contributed by atoms with Crippen molar-refractivity contribution < 1.29 is 39.5 Å². The van der Waals surface area contributed by atoms with Gasteiger partial charge in [0, 0.05) is 0 Å². The number of carbonyl (C=O) groups is 1. The second kappa shape index (κ2) is 6.58. The molecule has 3 heteroatoms. The van der Waals surface area contributed by atoms with Gasteiger partial charge in [-0.25, -0.2) is 0 Å². The van der Waals surface area contributed by atoms with Gasteiger partial charge in [-0.3, -0.25) is 4.79 Å². The quantitative estimate of drug-likeness (QED) is 0.743. The predicted octanol–water partition coefficient (Wildman–Crippen LogP) is -0.167. The van der Waals surface area contributed by atoms with Gasteiger partial charge in [-0.1, -0.05) is 31.5 Å². The van der Waals surface area contributed by atoms with Crippen LogP contribution in [0.15, 0.2) is 18.2 Å². The molecule has 17 heavy (non-hydrogen) atoms. The third-order valence-corrected chi connectivity index (χ3v) is 3.37. The van der Waals surface area contributed by atoms with Crippen LogP contribution in [0.1, 0.15) is 36.5 Å².